The molecule has 0 aliphatic carbocycles. The summed E-state index contributed by atoms with van der Waals surface area (Å²) in [6, 6.07) is 14.0. The lowest BCUT2D eigenvalue weighted by atomic mass is 10.0. The highest BCUT2D eigenvalue weighted by atomic mass is 35.5. The summed E-state index contributed by atoms with van der Waals surface area (Å²) in [6.07, 6.45) is 3.10. The summed E-state index contributed by atoms with van der Waals surface area (Å²) in [5, 5.41) is 13.4. The van der Waals surface area contributed by atoms with Gasteiger partial charge in [-0.25, -0.2) is 0 Å². The number of nitrogens with one attached hydrogen (secondary N) is 2. The van der Waals surface area contributed by atoms with Gasteiger partial charge in [0.2, 0.25) is 11.7 Å². The van der Waals surface area contributed by atoms with Gasteiger partial charge >= 0.3 is 0 Å². The number of allylic oxidation sites excluding steroid dienone is 1. The lowest BCUT2D eigenvalue weighted by Gasteiger charge is -2.03. The number of carbonyl (C=O) groups is 2. The summed E-state index contributed by atoms with van der Waals surface area (Å²) in [7, 11) is 0. The second kappa shape index (κ2) is 7.26. The Morgan fingerprint density at radius 1 is 1.19 bits per heavy atom. The number of nitrogens with zero attached hydrogens (tertiary/aromatic N) is 1. The fourth-order valence-electron chi connectivity index (χ4n) is 2.61. The summed E-state index contributed by atoms with van der Waals surface area (Å²) in [6.45, 7) is 1.43. The van der Waals surface area contributed by atoms with Gasteiger partial charge in [0.1, 0.15) is 11.6 Å². The molecule has 3 rings (SSSR count). The standard InChI is InChI=1S/C20H14ClN3O2/c1-12(25)24-16-5-2-13(3-6-16)8-14(10-22)20(26)18-11-23-19-9-15(21)4-7-17(18)19/h2-9,11,23H,1H3,(H,24,25)/b14-8+. The van der Waals surface area contributed by atoms with Crippen molar-refractivity contribution in [2.24, 2.45) is 0 Å². The summed E-state index contributed by atoms with van der Waals surface area (Å²) < 4.78 is 0. The summed E-state index contributed by atoms with van der Waals surface area (Å²) in [5.41, 5.74) is 2.50. The van der Waals surface area contributed by atoms with E-state index in [0.29, 0.717) is 27.2 Å². The molecule has 0 saturated heterocycles. The minimum Gasteiger partial charge on any atom is -0.360 e. The van der Waals surface area contributed by atoms with Crippen LogP contribution in [-0.4, -0.2) is 16.7 Å². The number of hydrogen-bond acceptors (Lipinski definition) is 3. The Labute approximate surface area is 154 Å². The first-order valence-corrected chi connectivity index (χ1v) is 8.16. The van der Waals surface area contributed by atoms with Crippen LogP contribution in [0.4, 0.5) is 5.69 Å². The molecule has 2 N–H and O–H groups in total. The van der Waals surface area contributed by atoms with Crippen molar-refractivity contribution in [1.82, 2.24) is 4.98 Å². The van der Waals surface area contributed by atoms with Gasteiger partial charge in [-0.05, 0) is 35.9 Å². The lowest BCUT2D eigenvalue weighted by Crippen LogP contribution is -2.05. The quantitative estimate of drug-likeness (QED) is 0.404. The monoisotopic (exact) mass is 363 g/mol. The summed E-state index contributed by atoms with van der Waals surface area (Å²) >= 11 is 5.95. The Balaban J connectivity index is 1.92. The van der Waals surface area contributed by atoms with E-state index in [1.807, 2.05) is 6.07 Å². The molecule has 26 heavy (non-hydrogen) atoms. The van der Waals surface area contributed by atoms with Gasteiger partial charge in [0, 0.05) is 40.3 Å². The molecular weight excluding hydrogens is 350 g/mol. The van der Waals surface area contributed by atoms with E-state index in [2.05, 4.69) is 10.3 Å². The van der Waals surface area contributed by atoms with Crippen molar-refractivity contribution in [2.45, 2.75) is 6.92 Å². The largest absolute Gasteiger partial charge is 0.360 e. The molecule has 2 aromatic carbocycles. The molecule has 0 saturated carbocycles. The molecule has 0 atom stereocenters. The maximum Gasteiger partial charge on any atom is 0.221 e. The van der Waals surface area contributed by atoms with Gasteiger partial charge in [0.15, 0.2) is 0 Å². The van der Waals surface area contributed by atoms with Crippen molar-refractivity contribution in [2.75, 3.05) is 5.32 Å². The van der Waals surface area contributed by atoms with Gasteiger partial charge in [0.05, 0.1) is 0 Å². The van der Waals surface area contributed by atoms with E-state index in [4.69, 9.17) is 11.6 Å². The maximum absolute atomic E-state index is 12.8. The van der Waals surface area contributed by atoms with Crippen LogP contribution in [0.5, 0.6) is 0 Å². The number of fused-ring (bicyclic) bond motifs is 1. The molecule has 0 fully saturated rings. The van der Waals surface area contributed by atoms with Gasteiger partial charge < -0.3 is 10.3 Å². The molecule has 0 spiro atoms. The number of benzene rings is 2. The molecule has 1 heterocycles. The van der Waals surface area contributed by atoms with Crippen LogP contribution in [0.25, 0.3) is 17.0 Å². The van der Waals surface area contributed by atoms with Crippen molar-refractivity contribution >= 4 is 46.0 Å². The van der Waals surface area contributed by atoms with Crippen LogP contribution in [0, 0.1) is 11.3 Å². The zero-order chi connectivity index (χ0) is 18.7. The van der Waals surface area contributed by atoms with Crippen LogP contribution < -0.4 is 5.32 Å². The third-order valence-electron chi connectivity index (χ3n) is 3.80. The number of anilines is 1. The van der Waals surface area contributed by atoms with Crippen LogP contribution in [0.1, 0.15) is 22.8 Å². The van der Waals surface area contributed by atoms with E-state index < -0.39 is 0 Å². The van der Waals surface area contributed by atoms with Crippen LogP contribution >= 0.6 is 11.6 Å². The Morgan fingerprint density at radius 2 is 1.92 bits per heavy atom. The summed E-state index contributed by atoms with van der Waals surface area (Å²) in [5.74, 6) is -0.535. The first-order chi connectivity index (χ1) is 12.5. The first kappa shape index (κ1) is 17.5. The van der Waals surface area contributed by atoms with E-state index >= 15 is 0 Å². The predicted molar refractivity (Wildman–Crippen MR) is 102 cm³/mol. The number of aromatic amines is 1. The smallest absolute Gasteiger partial charge is 0.221 e. The van der Waals surface area contributed by atoms with Crippen molar-refractivity contribution < 1.29 is 9.59 Å². The first-order valence-electron chi connectivity index (χ1n) is 7.78. The molecule has 0 aliphatic heterocycles. The minimum atomic E-state index is -0.369. The number of H-pyrrole nitrogens is 1. The van der Waals surface area contributed by atoms with Crippen LogP contribution in [-0.2, 0) is 4.79 Å². The Morgan fingerprint density at radius 3 is 2.58 bits per heavy atom. The average molecular weight is 364 g/mol. The molecule has 1 amide bonds. The number of aromatic nitrogens is 1. The van der Waals surface area contributed by atoms with E-state index in [9.17, 15) is 14.9 Å². The Kier molecular flexibility index (Phi) is 4.87. The Hall–Kier alpha value is -3.36. The van der Waals surface area contributed by atoms with E-state index in [0.717, 1.165) is 5.52 Å². The molecule has 0 radical (unpaired) electrons. The molecule has 0 unspecified atom stereocenters. The third-order valence-corrected chi connectivity index (χ3v) is 4.03. The average Bonchev–Trinajstić information content (AvgIpc) is 3.03. The fourth-order valence-corrected chi connectivity index (χ4v) is 2.78. The molecule has 0 bridgehead atoms. The SMILES string of the molecule is CC(=O)Nc1ccc(/C=C(\C#N)C(=O)c2c[nH]c3cc(Cl)ccc23)cc1. The molecule has 3 aromatic rings. The second-order valence-corrected chi connectivity index (χ2v) is 6.13. The minimum absolute atomic E-state index is 0.0214. The fraction of sp³-hybridized carbons (Fsp3) is 0.0500. The highest BCUT2D eigenvalue weighted by Crippen LogP contribution is 2.24. The summed E-state index contributed by atoms with van der Waals surface area (Å²) in [4.78, 5) is 26.8. The van der Waals surface area contributed by atoms with E-state index in [-0.39, 0.29) is 17.3 Å². The molecular formula is C20H14ClN3O2. The van der Waals surface area contributed by atoms with Gasteiger partial charge in [-0.15, -0.1) is 0 Å². The molecule has 6 heteroatoms. The van der Waals surface area contributed by atoms with E-state index in [1.54, 1.807) is 48.7 Å². The molecule has 5 nitrogen and oxygen atoms in total. The van der Waals surface area contributed by atoms with Crippen LogP contribution in [0.2, 0.25) is 5.02 Å². The number of amides is 1. The number of halogens is 1. The normalized spacial score (nSPS) is 11.2. The number of carbonyl (C=O) groups excluding carboxylic acids is 2. The van der Waals surface area contributed by atoms with Crippen molar-refractivity contribution in [1.29, 1.82) is 5.26 Å². The number of Topliss-reactive ketones (excluding diaryl/α,β-unsaturated/α-hetero) is 1. The zero-order valence-electron chi connectivity index (χ0n) is 13.8. The maximum atomic E-state index is 12.8. The number of rotatable bonds is 4. The predicted octanol–water partition coefficient (Wildman–Crippen LogP) is 4.57. The van der Waals surface area contributed by atoms with Gasteiger partial charge in [0.25, 0.3) is 0 Å². The molecule has 128 valence electrons. The zero-order valence-corrected chi connectivity index (χ0v) is 14.6. The van der Waals surface area contributed by atoms with Crippen LogP contribution in [0.15, 0.2) is 54.2 Å². The van der Waals surface area contributed by atoms with Crippen molar-refractivity contribution in [3.8, 4) is 6.07 Å². The van der Waals surface area contributed by atoms with Gasteiger partial charge in [-0.1, -0.05) is 29.8 Å². The molecule has 0 aliphatic rings. The van der Waals surface area contributed by atoms with E-state index in [1.165, 1.54) is 13.0 Å². The number of nitriles is 1. The van der Waals surface area contributed by atoms with Gasteiger partial charge in [-0.2, -0.15) is 5.26 Å². The number of ketones is 1. The number of hydrogen-bond donors (Lipinski definition) is 2. The van der Waals surface area contributed by atoms with Crippen molar-refractivity contribution in [3.05, 3.63) is 70.4 Å². The van der Waals surface area contributed by atoms with Gasteiger partial charge in [-0.3, -0.25) is 9.59 Å². The highest BCUT2D eigenvalue weighted by molar-refractivity contribution is 6.31. The Bertz CT molecular complexity index is 1070. The second-order valence-electron chi connectivity index (χ2n) is 5.69. The van der Waals surface area contributed by atoms with Crippen molar-refractivity contribution in [3.63, 3.8) is 0 Å². The highest BCUT2D eigenvalue weighted by Gasteiger charge is 2.16. The molecule has 1 aromatic heterocycles. The third kappa shape index (κ3) is 3.66. The van der Waals surface area contributed by atoms with Crippen LogP contribution in [0.3, 0.4) is 0 Å². The lowest BCUT2D eigenvalue weighted by molar-refractivity contribution is -0.114. The topological polar surface area (TPSA) is 85.8 Å².